The monoisotopic (exact) mass is 832 g/mol. The van der Waals surface area contributed by atoms with E-state index in [1.54, 1.807) is 47.2 Å². The Kier molecular flexibility index (Phi) is 11.8. The molecular weight excluding hydrogens is 795 g/mol. The van der Waals surface area contributed by atoms with Gasteiger partial charge in [-0.15, -0.1) is 0 Å². The zero-order chi connectivity index (χ0) is 40.9. The molecule has 2 atom stereocenters. The second kappa shape index (κ2) is 17.1. The number of sulfonamides is 2. The molecule has 3 heterocycles. The molecule has 0 radical (unpaired) electrons. The maximum Gasteiger partial charge on any atom is 0.387 e. The molecule has 2 aromatic heterocycles. The molecule has 19 heteroatoms. The fourth-order valence-electron chi connectivity index (χ4n) is 6.95. The Morgan fingerprint density at radius 3 is 2.10 bits per heavy atom. The Labute approximate surface area is 333 Å². The number of hydrogen-bond donors (Lipinski definition) is 3. The third kappa shape index (κ3) is 9.17. The number of urea groups is 2. The van der Waals surface area contributed by atoms with E-state index in [0.29, 0.717) is 23.6 Å². The standard InChI is InChI=1S/C39H38F2N8O7S2/c40-37(41)56-36-8-2-1-7-35(36)46-57(52,53)33-15-10-30(11-16-33)45-39(51)47(25-29-6-4-20-43-23-29)49(38(50)44-24-28-5-3-19-42-22-28)31-13-17-34(18-14-31)58(54,55)48-26-27-9-12-32(48)21-27/h1-8,10-11,13-20,22-23,27,32,37,46H,9,12,21,24-26H2,(H,44,50)(H,45,51). The fraction of sp³-hybridized carbons (Fsp3) is 0.231. The highest BCUT2D eigenvalue weighted by atomic mass is 32.2. The van der Waals surface area contributed by atoms with E-state index in [-0.39, 0.29) is 51.7 Å². The Balaban J connectivity index is 1.17. The van der Waals surface area contributed by atoms with E-state index in [0.717, 1.165) is 29.3 Å². The Morgan fingerprint density at radius 1 is 0.810 bits per heavy atom. The minimum absolute atomic E-state index is 0.0399. The molecular formula is C39H38F2N8O7S2. The van der Waals surface area contributed by atoms with Crippen molar-refractivity contribution in [1.29, 1.82) is 0 Å². The van der Waals surface area contributed by atoms with Gasteiger partial charge in [-0.05, 0) is 109 Å². The first kappa shape index (κ1) is 40.0. The summed E-state index contributed by atoms with van der Waals surface area (Å²) in [4.78, 5) is 36.5. The largest absolute Gasteiger partial charge is 0.433 e. The lowest BCUT2D eigenvalue weighted by atomic mass is 10.1. The number of hydrazine groups is 1. The first-order chi connectivity index (χ1) is 27.9. The van der Waals surface area contributed by atoms with Crippen LogP contribution >= 0.6 is 0 Å². The van der Waals surface area contributed by atoms with Gasteiger partial charge in [0, 0.05) is 49.6 Å². The number of ether oxygens (including phenoxy) is 1. The average molecular weight is 833 g/mol. The Morgan fingerprint density at radius 2 is 1.48 bits per heavy atom. The summed E-state index contributed by atoms with van der Waals surface area (Å²) in [5, 5.41) is 7.69. The number of hydrogen-bond acceptors (Lipinski definition) is 9. The number of alkyl halides is 2. The molecule has 2 aliphatic rings. The number of halogens is 2. The maximum absolute atomic E-state index is 14.3. The summed E-state index contributed by atoms with van der Waals surface area (Å²) in [5.74, 6) is -0.0325. The van der Waals surface area contributed by atoms with Crippen molar-refractivity contribution in [3.05, 3.63) is 133 Å². The predicted octanol–water partition coefficient (Wildman–Crippen LogP) is 6.42. The third-order valence-corrected chi connectivity index (χ3v) is 13.0. The van der Waals surface area contributed by atoms with Gasteiger partial charge in [-0.3, -0.25) is 14.7 Å². The summed E-state index contributed by atoms with van der Waals surface area (Å²) in [6, 6.07) is 21.3. The van der Waals surface area contributed by atoms with Gasteiger partial charge in [-0.2, -0.15) is 18.1 Å². The minimum Gasteiger partial charge on any atom is -0.433 e. The van der Waals surface area contributed by atoms with E-state index in [2.05, 4.69) is 30.1 Å². The number of amides is 4. The number of rotatable bonds is 13. The highest BCUT2D eigenvalue weighted by molar-refractivity contribution is 7.92. The molecule has 2 unspecified atom stereocenters. The molecule has 4 amide bonds. The van der Waals surface area contributed by atoms with Crippen molar-refractivity contribution in [2.75, 3.05) is 21.6 Å². The van der Waals surface area contributed by atoms with Crippen molar-refractivity contribution in [1.82, 2.24) is 24.6 Å². The van der Waals surface area contributed by atoms with Crippen molar-refractivity contribution < 1.29 is 39.9 Å². The van der Waals surface area contributed by atoms with Crippen LogP contribution in [0.1, 0.15) is 30.4 Å². The van der Waals surface area contributed by atoms with Crippen molar-refractivity contribution in [2.45, 2.75) is 54.8 Å². The number of piperidine rings is 1. The lowest BCUT2D eigenvalue weighted by Gasteiger charge is -2.35. The molecule has 15 nitrogen and oxygen atoms in total. The number of aromatic nitrogens is 2. The normalized spacial score (nSPS) is 16.5. The molecule has 2 bridgehead atoms. The van der Waals surface area contributed by atoms with E-state index < -0.39 is 38.7 Å². The summed E-state index contributed by atoms with van der Waals surface area (Å²) in [7, 11) is -8.12. The molecule has 5 aromatic rings. The van der Waals surface area contributed by atoms with Crippen LogP contribution in [0.15, 0.2) is 132 Å². The van der Waals surface area contributed by atoms with Crippen molar-refractivity contribution in [3.63, 3.8) is 0 Å². The third-order valence-electron chi connectivity index (χ3n) is 9.70. The topological polar surface area (TPSA) is 183 Å². The molecule has 0 spiro atoms. The zero-order valence-electron chi connectivity index (χ0n) is 30.7. The van der Waals surface area contributed by atoms with Crippen molar-refractivity contribution in [3.8, 4) is 5.75 Å². The molecule has 1 aliphatic heterocycles. The van der Waals surface area contributed by atoms with Gasteiger partial charge >= 0.3 is 18.7 Å². The average Bonchev–Trinajstić information content (AvgIpc) is 3.87. The number of benzene rings is 3. The van der Waals surface area contributed by atoms with Crippen LogP contribution < -0.4 is 25.1 Å². The summed E-state index contributed by atoms with van der Waals surface area (Å²) < 4.78 is 87.9. The number of carbonyl (C=O) groups excluding carboxylic acids is 2. The molecule has 1 saturated carbocycles. The number of fused-ring (bicyclic) bond motifs is 2. The number of pyridine rings is 2. The number of para-hydroxylation sites is 2. The van der Waals surface area contributed by atoms with E-state index in [9.17, 15) is 35.2 Å². The van der Waals surface area contributed by atoms with Crippen LogP contribution in [0.5, 0.6) is 5.75 Å². The van der Waals surface area contributed by atoms with Crippen LogP contribution in [0, 0.1) is 5.92 Å². The highest BCUT2D eigenvalue weighted by Crippen LogP contribution is 2.40. The molecule has 2 fully saturated rings. The maximum atomic E-state index is 14.3. The number of anilines is 3. The van der Waals surface area contributed by atoms with Crippen LogP contribution in [0.25, 0.3) is 0 Å². The van der Waals surface area contributed by atoms with Gasteiger partial charge in [0.1, 0.15) is 5.75 Å². The number of carbonyl (C=O) groups is 2. The smallest absolute Gasteiger partial charge is 0.387 e. The molecule has 302 valence electrons. The molecule has 3 N–H and O–H groups in total. The van der Waals surface area contributed by atoms with E-state index >= 15 is 0 Å². The van der Waals surface area contributed by atoms with E-state index in [4.69, 9.17) is 0 Å². The Hall–Kier alpha value is -6.18. The van der Waals surface area contributed by atoms with Gasteiger partial charge in [-0.1, -0.05) is 24.3 Å². The fourth-order valence-corrected chi connectivity index (χ4v) is 9.76. The summed E-state index contributed by atoms with van der Waals surface area (Å²) in [6.45, 7) is -2.87. The second-order valence-corrected chi connectivity index (χ2v) is 17.2. The minimum atomic E-state index is -4.30. The lowest BCUT2D eigenvalue weighted by molar-refractivity contribution is -0.0493. The van der Waals surface area contributed by atoms with Crippen LogP contribution in [0.4, 0.5) is 35.4 Å². The van der Waals surface area contributed by atoms with E-state index in [1.807, 2.05) is 0 Å². The highest BCUT2D eigenvalue weighted by Gasteiger charge is 2.44. The molecule has 1 saturated heterocycles. The molecule has 1 aliphatic carbocycles. The Bertz CT molecular complexity index is 2450. The van der Waals surface area contributed by atoms with Gasteiger partial charge in [0.25, 0.3) is 10.0 Å². The van der Waals surface area contributed by atoms with Gasteiger partial charge < -0.3 is 15.4 Å². The van der Waals surface area contributed by atoms with Crippen molar-refractivity contribution >= 4 is 49.2 Å². The molecule has 58 heavy (non-hydrogen) atoms. The number of nitrogens with one attached hydrogen (secondary N) is 3. The lowest BCUT2D eigenvalue weighted by Crippen LogP contribution is -2.54. The summed E-state index contributed by atoms with van der Waals surface area (Å²) in [5.41, 5.74) is 1.30. The van der Waals surface area contributed by atoms with Crippen LogP contribution in [0.3, 0.4) is 0 Å². The van der Waals surface area contributed by atoms with Crippen LogP contribution in [-0.4, -0.2) is 67.4 Å². The van der Waals surface area contributed by atoms with Gasteiger partial charge in [0.2, 0.25) is 10.0 Å². The van der Waals surface area contributed by atoms with E-state index in [1.165, 1.54) is 79.0 Å². The number of nitrogens with zero attached hydrogens (tertiary/aromatic N) is 5. The first-order valence-electron chi connectivity index (χ1n) is 18.1. The zero-order valence-corrected chi connectivity index (χ0v) is 32.3. The summed E-state index contributed by atoms with van der Waals surface area (Å²) in [6.07, 6.45) is 8.88. The van der Waals surface area contributed by atoms with Gasteiger partial charge in [-0.25, -0.2) is 31.4 Å². The summed E-state index contributed by atoms with van der Waals surface area (Å²) >= 11 is 0. The van der Waals surface area contributed by atoms with Gasteiger partial charge in [0.15, 0.2) is 0 Å². The quantitative estimate of drug-likeness (QED) is 0.113. The van der Waals surface area contributed by atoms with Gasteiger partial charge in [0.05, 0.1) is 27.7 Å². The van der Waals surface area contributed by atoms with Crippen LogP contribution in [0.2, 0.25) is 0 Å². The molecule has 7 rings (SSSR count). The van der Waals surface area contributed by atoms with Crippen LogP contribution in [-0.2, 0) is 33.1 Å². The SMILES string of the molecule is O=C(Nc1ccc(S(=O)(=O)Nc2ccccc2OC(F)F)cc1)N(Cc1cccnc1)N(C(=O)NCc1cccnc1)c1ccc(S(=O)(=O)N2CC3CCC2C3)cc1. The molecule has 3 aromatic carbocycles. The predicted molar refractivity (Wildman–Crippen MR) is 210 cm³/mol. The van der Waals surface area contributed by atoms with Crippen molar-refractivity contribution in [2.24, 2.45) is 5.92 Å². The second-order valence-electron chi connectivity index (χ2n) is 13.6. The first-order valence-corrected chi connectivity index (χ1v) is 21.0.